The zero-order chi connectivity index (χ0) is 17.6. The molecule has 0 saturated heterocycles. The predicted octanol–water partition coefficient (Wildman–Crippen LogP) is 2.48. The Morgan fingerprint density at radius 2 is 2.12 bits per heavy atom. The summed E-state index contributed by atoms with van der Waals surface area (Å²) in [5, 5.41) is 4.70. The standard InChI is InChI=1S/C18H17N3O3S/c1-24-15-6-3-2-5-12(15)8-9-19-17(22)14-11-13(20-18(23)21-14)16-7-4-10-25-16/h2-7,10-11H,8-9H2,1H3,(H,19,22)(H,20,21,23). The van der Waals surface area contributed by atoms with Crippen molar-refractivity contribution in [3.05, 3.63) is 69.6 Å². The maximum absolute atomic E-state index is 12.3. The minimum atomic E-state index is -0.541. The van der Waals surface area contributed by atoms with Crippen molar-refractivity contribution < 1.29 is 9.53 Å². The molecule has 1 amide bonds. The summed E-state index contributed by atoms with van der Waals surface area (Å²) in [4.78, 5) is 31.3. The van der Waals surface area contributed by atoms with E-state index in [1.54, 1.807) is 13.2 Å². The molecule has 128 valence electrons. The highest BCUT2D eigenvalue weighted by atomic mass is 32.1. The molecular formula is C18H17N3O3S. The Bertz CT molecular complexity index is 919. The van der Waals surface area contributed by atoms with Crippen LogP contribution in [0.15, 0.2) is 52.6 Å². The van der Waals surface area contributed by atoms with Crippen LogP contribution in [0.3, 0.4) is 0 Å². The molecule has 0 atom stereocenters. The number of para-hydroxylation sites is 1. The minimum absolute atomic E-state index is 0.104. The van der Waals surface area contributed by atoms with E-state index < -0.39 is 5.69 Å². The Morgan fingerprint density at radius 3 is 2.88 bits per heavy atom. The molecular weight excluding hydrogens is 338 g/mol. The van der Waals surface area contributed by atoms with E-state index >= 15 is 0 Å². The van der Waals surface area contributed by atoms with Gasteiger partial charge in [-0.1, -0.05) is 24.3 Å². The lowest BCUT2D eigenvalue weighted by Crippen LogP contribution is -2.29. The highest BCUT2D eigenvalue weighted by Gasteiger charge is 2.11. The molecule has 7 heteroatoms. The lowest BCUT2D eigenvalue weighted by atomic mass is 10.1. The third kappa shape index (κ3) is 4.13. The van der Waals surface area contributed by atoms with Crippen LogP contribution in [0, 0.1) is 0 Å². The first-order chi connectivity index (χ1) is 12.2. The van der Waals surface area contributed by atoms with Crippen molar-refractivity contribution in [1.82, 2.24) is 15.3 Å². The first-order valence-electron chi connectivity index (χ1n) is 7.72. The van der Waals surface area contributed by atoms with Gasteiger partial charge in [-0.15, -0.1) is 11.3 Å². The van der Waals surface area contributed by atoms with Gasteiger partial charge in [-0.05, 0) is 35.6 Å². The smallest absolute Gasteiger partial charge is 0.346 e. The van der Waals surface area contributed by atoms with Gasteiger partial charge < -0.3 is 15.0 Å². The van der Waals surface area contributed by atoms with E-state index in [-0.39, 0.29) is 11.6 Å². The highest BCUT2D eigenvalue weighted by Crippen LogP contribution is 2.21. The second-order valence-electron chi connectivity index (χ2n) is 5.28. The van der Waals surface area contributed by atoms with Gasteiger partial charge in [0.15, 0.2) is 0 Å². The second kappa shape index (κ2) is 7.76. The fraction of sp³-hybridized carbons (Fsp3) is 0.167. The van der Waals surface area contributed by atoms with Gasteiger partial charge in [-0.25, -0.2) is 4.79 Å². The number of nitrogens with one attached hydrogen (secondary N) is 2. The maximum atomic E-state index is 12.3. The van der Waals surface area contributed by atoms with E-state index in [0.29, 0.717) is 18.7 Å². The number of benzene rings is 1. The number of carbonyl (C=O) groups excluding carboxylic acids is 1. The Kier molecular flexibility index (Phi) is 5.25. The van der Waals surface area contributed by atoms with Gasteiger partial charge in [-0.2, -0.15) is 4.98 Å². The van der Waals surface area contributed by atoms with Crippen LogP contribution in [0.4, 0.5) is 0 Å². The lowest BCUT2D eigenvalue weighted by Gasteiger charge is -2.09. The molecule has 0 unspecified atom stereocenters. The number of nitrogens with zero attached hydrogens (tertiary/aromatic N) is 1. The van der Waals surface area contributed by atoms with E-state index in [0.717, 1.165) is 16.2 Å². The number of carbonyl (C=O) groups is 1. The van der Waals surface area contributed by atoms with Crippen molar-refractivity contribution in [3.63, 3.8) is 0 Å². The summed E-state index contributed by atoms with van der Waals surface area (Å²) in [6, 6.07) is 13.0. The van der Waals surface area contributed by atoms with Crippen molar-refractivity contribution in [3.8, 4) is 16.3 Å². The summed E-state index contributed by atoms with van der Waals surface area (Å²) in [7, 11) is 1.61. The van der Waals surface area contributed by atoms with Crippen molar-refractivity contribution in [1.29, 1.82) is 0 Å². The van der Waals surface area contributed by atoms with E-state index in [9.17, 15) is 9.59 Å². The lowest BCUT2D eigenvalue weighted by molar-refractivity contribution is 0.0948. The first kappa shape index (κ1) is 16.9. The topological polar surface area (TPSA) is 84.1 Å². The summed E-state index contributed by atoms with van der Waals surface area (Å²) < 4.78 is 5.29. The van der Waals surface area contributed by atoms with Gasteiger partial charge in [0.05, 0.1) is 17.7 Å². The zero-order valence-electron chi connectivity index (χ0n) is 13.6. The quantitative estimate of drug-likeness (QED) is 0.711. The van der Waals surface area contributed by atoms with Crippen LogP contribution in [0.5, 0.6) is 5.75 Å². The summed E-state index contributed by atoms with van der Waals surface area (Å²) in [6.45, 7) is 0.419. The zero-order valence-corrected chi connectivity index (χ0v) is 14.4. The number of amides is 1. The molecule has 0 bridgehead atoms. The molecule has 25 heavy (non-hydrogen) atoms. The maximum Gasteiger partial charge on any atom is 0.346 e. The molecule has 0 saturated carbocycles. The molecule has 2 N–H and O–H groups in total. The van der Waals surface area contributed by atoms with Gasteiger partial charge >= 0.3 is 5.69 Å². The van der Waals surface area contributed by atoms with E-state index in [1.165, 1.54) is 11.3 Å². The van der Waals surface area contributed by atoms with Crippen molar-refractivity contribution >= 4 is 17.2 Å². The molecule has 0 aliphatic carbocycles. The highest BCUT2D eigenvalue weighted by molar-refractivity contribution is 7.13. The second-order valence-corrected chi connectivity index (χ2v) is 6.23. The molecule has 0 fully saturated rings. The number of thiophene rings is 1. The van der Waals surface area contributed by atoms with Gasteiger partial charge in [-0.3, -0.25) is 4.79 Å². The van der Waals surface area contributed by atoms with Crippen LogP contribution in [-0.4, -0.2) is 29.5 Å². The van der Waals surface area contributed by atoms with Gasteiger partial charge in [0, 0.05) is 6.54 Å². The van der Waals surface area contributed by atoms with E-state index in [2.05, 4.69) is 15.3 Å². The largest absolute Gasteiger partial charge is 0.496 e. The number of aromatic amines is 1. The number of hydrogen-bond acceptors (Lipinski definition) is 5. The van der Waals surface area contributed by atoms with Crippen LogP contribution in [-0.2, 0) is 6.42 Å². The molecule has 0 radical (unpaired) electrons. The van der Waals surface area contributed by atoms with E-state index in [1.807, 2.05) is 41.8 Å². The molecule has 0 aliphatic rings. The third-order valence-electron chi connectivity index (χ3n) is 3.64. The average Bonchev–Trinajstić information content (AvgIpc) is 3.16. The van der Waals surface area contributed by atoms with Crippen LogP contribution in [0.25, 0.3) is 10.6 Å². The van der Waals surface area contributed by atoms with Crippen molar-refractivity contribution in [2.24, 2.45) is 0 Å². The summed E-state index contributed by atoms with van der Waals surface area (Å²) in [6.07, 6.45) is 0.622. The first-order valence-corrected chi connectivity index (χ1v) is 8.60. The molecule has 0 spiro atoms. The van der Waals surface area contributed by atoms with Crippen molar-refractivity contribution in [2.45, 2.75) is 6.42 Å². The number of rotatable bonds is 6. The van der Waals surface area contributed by atoms with Gasteiger partial charge in [0.2, 0.25) is 0 Å². The van der Waals surface area contributed by atoms with Crippen LogP contribution in [0.2, 0.25) is 0 Å². The Balaban J connectivity index is 1.68. The fourth-order valence-corrected chi connectivity index (χ4v) is 3.15. The molecule has 3 rings (SSSR count). The molecule has 2 aromatic heterocycles. The summed E-state index contributed by atoms with van der Waals surface area (Å²) in [5.74, 6) is 0.407. The molecule has 0 aliphatic heterocycles. The van der Waals surface area contributed by atoms with Crippen LogP contribution in [0.1, 0.15) is 16.1 Å². The number of hydrogen-bond donors (Lipinski definition) is 2. The summed E-state index contributed by atoms with van der Waals surface area (Å²) in [5.41, 5.74) is 1.15. The fourth-order valence-electron chi connectivity index (χ4n) is 2.45. The molecule has 3 aromatic rings. The Hall–Kier alpha value is -2.93. The van der Waals surface area contributed by atoms with Crippen molar-refractivity contribution in [2.75, 3.05) is 13.7 Å². The normalized spacial score (nSPS) is 10.4. The van der Waals surface area contributed by atoms with Crippen LogP contribution < -0.4 is 15.7 Å². The average molecular weight is 355 g/mol. The third-order valence-corrected chi connectivity index (χ3v) is 4.54. The van der Waals surface area contributed by atoms with E-state index in [4.69, 9.17) is 4.74 Å². The van der Waals surface area contributed by atoms with Gasteiger partial charge in [0.25, 0.3) is 5.91 Å². The molecule has 2 heterocycles. The Labute approximate surface area is 148 Å². The van der Waals surface area contributed by atoms with Gasteiger partial charge in [0.1, 0.15) is 11.4 Å². The minimum Gasteiger partial charge on any atom is -0.496 e. The monoisotopic (exact) mass is 355 g/mol. The number of aromatic nitrogens is 2. The number of methoxy groups -OCH3 is 1. The Morgan fingerprint density at radius 1 is 1.28 bits per heavy atom. The SMILES string of the molecule is COc1ccccc1CCNC(=O)c1cc(-c2cccs2)[nH]c(=O)n1. The number of H-pyrrole nitrogens is 1. The van der Waals surface area contributed by atoms with Crippen LogP contribution >= 0.6 is 11.3 Å². The molecule has 1 aromatic carbocycles. The predicted molar refractivity (Wildman–Crippen MR) is 97.2 cm³/mol. The number of ether oxygens (including phenoxy) is 1. The summed E-state index contributed by atoms with van der Waals surface area (Å²) >= 11 is 1.48. The molecule has 6 nitrogen and oxygen atoms in total.